The number of ketones is 1. The molecule has 50 heavy (non-hydrogen) atoms. The molecule has 2 heterocycles. The molecule has 2 aromatic rings. The molecule has 18 nitrogen and oxygen atoms in total. The van der Waals surface area contributed by atoms with Crippen molar-refractivity contribution in [2.24, 2.45) is 5.73 Å². The van der Waals surface area contributed by atoms with E-state index in [1.807, 2.05) is 6.07 Å². The monoisotopic (exact) mass is 735 g/mol. The highest BCUT2D eigenvalue weighted by Crippen LogP contribution is 2.26. The summed E-state index contributed by atoms with van der Waals surface area (Å²) in [6.07, 6.45) is 1.85. The molecule has 0 radical (unpaired) electrons. The molecule has 1 aliphatic heterocycles. The van der Waals surface area contributed by atoms with E-state index in [-0.39, 0.29) is 36.6 Å². The molecule has 0 aliphatic carbocycles. The van der Waals surface area contributed by atoms with Crippen LogP contribution in [0.15, 0.2) is 29.2 Å². The third kappa shape index (κ3) is 11.8. The zero-order valence-corrected chi connectivity index (χ0v) is 29.7. The number of aromatic nitrogens is 1. The van der Waals surface area contributed by atoms with Crippen molar-refractivity contribution < 1.29 is 50.3 Å². The third-order valence-corrected chi connectivity index (χ3v) is 10.2. The Kier molecular flexibility index (Phi) is 13.6. The molecule has 9 N–H and O–H groups in total. The van der Waals surface area contributed by atoms with Crippen LogP contribution in [0.3, 0.4) is 0 Å². The number of sulfonamides is 1. The van der Waals surface area contributed by atoms with Crippen LogP contribution in [0, 0.1) is 13.8 Å². The van der Waals surface area contributed by atoms with Gasteiger partial charge in [-0.2, -0.15) is 13.1 Å². The van der Waals surface area contributed by atoms with Crippen molar-refractivity contribution in [1.82, 2.24) is 25.5 Å². The van der Waals surface area contributed by atoms with E-state index in [0.29, 0.717) is 11.4 Å². The Morgan fingerprint density at radius 2 is 1.76 bits per heavy atom. The van der Waals surface area contributed by atoms with E-state index < -0.39 is 80.9 Å². The van der Waals surface area contributed by atoms with Gasteiger partial charge in [0.25, 0.3) is 17.4 Å². The van der Waals surface area contributed by atoms with E-state index in [4.69, 9.17) is 14.9 Å². The van der Waals surface area contributed by atoms with Crippen LogP contribution in [0.25, 0.3) is 0 Å². The van der Waals surface area contributed by atoms with Gasteiger partial charge in [0.1, 0.15) is 11.9 Å². The Morgan fingerprint density at radius 1 is 1.10 bits per heavy atom. The number of carboxylic acid groups (broad SMARTS) is 1. The summed E-state index contributed by atoms with van der Waals surface area (Å²) in [6, 6.07) is 3.11. The predicted molar refractivity (Wildman–Crippen MR) is 189 cm³/mol. The quantitative estimate of drug-likeness (QED) is 0.0564. The Bertz CT molecular complexity index is 1820. The first kappa shape index (κ1) is 40.4. The minimum absolute atomic E-state index is 0.131. The van der Waals surface area contributed by atoms with Crippen LogP contribution in [-0.4, -0.2) is 114 Å². The van der Waals surface area contributed by atoms with E-state index in [9.17, 15) is 41.1 Å². The lowest BCUT2D eigenvalue weighted by atomic mass is 9.72. The highest BCUT2D eigenvalue weighted by Gasteiger charge is 2.34. The van der Waals surface area contributed by atoms with Gasteiger partial charge in [0.2, 0.25) is 15.8 Å². The molecule has 0 saturated carbocycles. The average Bonchev–Trinajstić information content (AvgIpc) is 3.00. The van der Waals surface area contributed by atoms with Gasteiger partial charge < -0.3 is 36.6 Å². The van der Waals surface area contributed by atoms with E-state index in [1.165, 1.54) is 39.8 Å². The molecule has 1 aromatic heterocycles. The van der Waals surface area contributed by atoms with E-state index in [2.05, 4.69) is 30.8 Å². The number of fused-ring (bicyclic) bond motifs is 1. The number of benzene rings is 1. The van der Waals surface area contributed by atoms with Crippen molar-refractivity contribution >= 4 is 77.2 Å². The Morgan fingerprint density at radius 3 is 2.38 bits per heavy atom. The zero-order valence-electron chi connectivity index (χ0n) is 28.0. The summed E-state index contributed by atoms with van der Waals surface area (Å²) < 4.78 is 65.2. The highest BCUT2D eigenvalue weighted by molar-refractivity contribution is 7.89. The lowest BCUT2D eigenvalue weighted by Gasteiger charge is -2.27. The van der Waals surface area contributed by atoms with Gasteiger partial charge in [-0.1, -0.05) is 6.07 Å². The topological polar surface area (TPSA) is 285 Å². The van der Waals surface area contributed by atoms with Gasteiger partial charge in [-0.25, -0.2) is 13.4 Å². The molecular weight excluding hydrogens is 695 g/mol. The second kappa shape index (κ2) is 16.8. The number of hydrogen-bond acceptors (Lipinski definition) is 13. The number of carbonyl (C=O) groups is 4. The van der Waals surface area contributed by atoms with Gasteiger partial charge in [0.15, 0.2) is 11.6 Å². The number of nitrogens with zero attached hydrogens (tertiary/aromatic N) is 1. The number of nitrogens with one attached hydrogen (secondary N) is 5. The van der Waals surface area contributed by atoms with Gasteiger partial charge in [0.05, 0.1) is 28.0 Å². The van der Waals surface area contributed by atoms with Crippen molar-refractivity contribution in [2.75, 3.05) is 24.2 Å². The van der Waals surface area contributed by atoms with Crippen LogP contribution in [0.2, 0.25) is 0 Å². The maximum absolute atomic E-state index is 13.3. The molecule has 2 amide bonds. The van der Waals surface area contributed by atoms with Crippen LogP contribution in [0.1, 0.15) is 37.0 Å². The summed E-state index contributed by atoms with van der Waals surface area (Å²) >= 11 is 0. The Labute approximate surface area is 292 Å². The SMILES string of the molecule is Cc1cc(OBC(=O)NBNC(C)(C)C(=O)C(N)CS(=O)(=O)O)cc(C)c1S(=O)(=O)NC(CNC(=O)Bc1ccc2c(n1)NCCC2)C(=O)O. The van der Waals surface area contributed by atoms with E-state index in [1.54, 1.807) is 6.07 Å². The number of hydrogen-bond donors (Lipinski definition) is 8. The minimum atomic E-state index is -4.48. The number of Topliss-reactive ketones (excluding diaryl/α,β-unsaturated/α-hetero) is 1. The Hall–Kier alpha value is -4.02. The van der Waals surface area contributed by atoms with E-state index >= 15 is 0 Å². The van der Waals surface area contributed by atoms with Crippen molar-refractivity contribution in [3.63, 3.8) is 0 Å². The molecule has 0 bridgehead atoms. The van der Waals surface area contributed by atoms with Gasteiger partial charge in [-0.05, 0) is 75.4 Å². The first-order valence-electron chi connectivity index (χ1n) is 15.4. The summed E-state index contributed by atoms with van der Waals surface area (Å²) in [4.78, 5) is 53.5. The molecule has 2 unspecified atom stereocenters. The number of pyridine rings is 1. The van der Waals surface area contributed by atoms with Crippen LogP contribution >= 0.6 is 0 Å². The van der Waals surface area contributed by atoms with Crippen LogP contribution in [0.5, 0.6) is 5.75 Å². The number of nitrogens with two attached hydrogens (primary N) is 1. The standard InChI is InChI=1S/C27H40B3N7O11S2/c1-14-10-17(48-29-26(42)35-30-37-27(3,4)22(38)18(31)13-49(43,44)45)11-15(2)21(14)50(46,47)36-19(24(39)40)12-33-25(41)28-20-8-7-16-6-5-9-32-23(16)34-20/h7-8,10-11,18-19,28-30,36-37H,5-6,9,12-13,31H2,1-4H3,(H,32,34)(H,33,41)(H,35,42)(H,39,40)(H,43,44,45). The van der Waals surface area contributed by atoms with Crippen molar-refractivity contribution in [3.05, 3.63) is 41.0 Å². The van der Waals surface area contributed by atoms with Crippen molar-refractivity contribution in [1.29, 1.82) is 0 Å². The smallest absolute Gasteiger partial charge is 0.439 e. The number of carbonyl (C=O) groups excluding carboxylic acids is 3. The number of aryl methyl sites for hydroxylation is 3. The van der Waals surface area contributed by atoms with Crippen molar-refractivity contribution in [3.8, 4) is 5.75 Å². The third-order valence-electron chi connectivity index (χ3n) is 7.62. The summed E-state index contributed by atoms with van der Waals surface area (Å²) in [7, 11) is -9.75. The van der Waals surface area contributed by atoms with Gasteiger partial charge in [0, 0.05) is 18.7 Å². The van der Waals surface area contributed by atoms with Crippen molar-refractivity contribution in [2.45, 2.75) is 63.1 Å². The maximum atomic E-state index is 13.3. The maximum Gasteiger partial charge on any atom is 0.439 e. The molecule has 1 aromatic carbocycles. The second-order valence-electron chi connectivity index (χ2n) is 12.3. The average molecular weight is 735 g/mol. The molecule has 1 aliphatic rings. The summed E-state index contributed by atoms with van der Waals surface area (Å²) in [5.41, 5.74) is 6.12. The largest absolute Gasteiger partial charge is 0.554 e. The lowest BCUT2D eigenvalue weighted by Crippen LogP contribution is -2.59. The fourth-order valence-corrected chi connectivity index (χ4v) is 7.42. The first-order chi connectivity index (χ1) is 23.2. The van der Waals surface area contributed by atoms with Gasteiger partial charge in [-0.3, -0.25) is 23.7 Å². The number of aliphatic carboxylic acids is 1. The summed E-state index contributed by atoms with van der Waals surface area (Å²) in [5, 5.41) is 20.5. The molecular formula is C27H40B3N7O11S2. The molecule has 270 valence electrons. The van der Waals surface area contributed by atoms with Gasteiger partial charge in [-0.15, -0.1) is 0 Å². The Balaban J connectivity index is 1.54. The highest BCUT2D eigenvalue weighted by atomic mass is 32.2. The summed E-state index contributed by atoms with van der Waals surface area (Å²) in [6.45, 7) is 6.00. The molecule has 0 fully saturated rings. The molecule has 3 rings (SSSR count). The molecule has 0 saturated heterocycles. The minimum Gasteiger partial charge on any atom is -0.554 e. The molecule has 23 heteroatoms. The normalized spacial score (nSPS) is 14.2. The van der Waals surface area contributed by atoms with Crippen LogP contribution in [0.4, 0.5) is 15.4 Å². The van der Waals surface area contributed by atoms with Crippen LogP contribution in [-0.2, 0) is 36.2 Å². The lowest BCUT2D eigenvalue weighted by molar-refractivity contribution is -0.138. The molecule has 0 spiro atoms. The fraction of sp³-hybridized carbons (Fsp3) is 0.444. The number of anilines is 1. The molecule has 2 atom stereocenters. The number of amides is 2. The van der Waals surface area contributed by atoms with Gasteiger partial charge >= 0.3 is 21.0 Å². The zero-order chi connectivity index (χ0) is 37.4. The summed E-state index contributed by atoms with van der Waals surface area (Å²) in [5.74, 6) is -3.50. The fourth-order valence-electron chi connectivity index (χ4n) is 5.17. The first-order valence-corrected chi connectivity index (χ1v) is 18.5. The predicted octanol–water partition coefficient (Wildman–Crippen LogP) is -2.88. The van der Waals surface area contributed by atoms with Crippen LogP contribution < -0.4 is 41.8 Å². The number of rotatable bonds is 18. The van der Waals surface area contributed by atoms with E-state index in [0.717, 1.165) is 24.9 Å². The number of carboxylic acids is 1. The second-order valence-corrected chi connectivity index (χ2v) is 15.5.